The lowest BCUT2D eigenvalue weighted by Gasteiger charge is -2.31. The molecule has 0 aromatic heterocycles. The summed E-state index contributed by atoms with van der Waals surface area (Å²) in [6.45, 7) is 4.44. The SMILES string of the molecule is CC/C=C/C/C=C/C/C=C/C/C=C/C/C=C/C/C=C/CCCCCC(=O)OC(COCCC(C(=O)O)[N+](C)(C)C)COC(=O)CCCCCCCC/C=C/C/C=C/C/C=C/C/C=C/CC. The zero-order chi connectivity index (χ0) is 47.7. The first-order valence-corrected chi connectivity index (χ1v) is 25.1. The Morgan fingerprint density at radius 2 is 0.815 bits per heavy atom. The van der Waals surface area contributed by atoms with Crippen molar-refractivity contribution in [2.45, 2.75) is 180 Å². The van der Waals surface area contributed by atoms with Gasteiger partial charge in [0.25, 0.3) is 0 Å². The number of aliphatic carboxylic acids is 1. The molecular weight excluding hydrogens is 811 g/mol. The zero-order valence-corrected chi connectivity index (χ0v) is 41.6. The Bertz CT molecular complexity index is 1470. The van der Waals surface area contributed by atoms with Gasteiger partial charge in [0, 0.05) is 19.3 Å². The van der Waals surface area contributed by atoms with Crippen LogP contribution in [0.1, 0.15) is 168 Å². The number of carboxylic acid groups (broad SMARTS) is 1. The molecule has 0 aliphatic rings. The van der Waals surface area contributed by atoms with Crippen molar-refractivity contribution in [3.05, 3.63) is 122 Å². The van der Waals surface area contributed by atoms with E-state index in [1.165, 1.54) is 12.8 Å². The number of likely N-dealkylation sites (N-methyl/N-ethyl adjacent to an activating group) is 1. The van der Waals surface area contributed by atoms with E-state index in [2.05, 4.69) is 135 Å². The molecule has 0 heterocycles. The van der Waals surface area contributed by atoms with Gasteiger partial charge in [-0.05, 0) is 103 Å². The van der Waals surface area contributed by atoms with Gasteiger partial charge in [-0.1, -0.05) is 167 Å². The third kappa shape index (κ3) is 44.7. The fourth-order valence-corrected chi connectivity index (χ4v) is 6.55. The summed E-state index contributed by atoms with van der Waals surface area (Å²) in [7, 11) is 5.50. The molecule has 8 heteroatoms. The van der Waals surface area contributed by atoms with E-state index in [9.17, 15) is 19.5 Å². The summed E-state index contributed by atoms with van der Waals surface area (Å²) in [5, 5.41) is 9.65. The first-order valence-electron chi connectivity index (χ1n) is 25.1. The van der Waals surface area contributed by atoms with Crippen LogP contribution >= 0.6 is 0 Å². The van der Waals surface area contributed by atoms with Crippen molar-refractivity contribution in [3.8, 4) is 0 Å². The molecule has 1 N–H and O–H groups in total. The molecule has 0 radical (unpaired) electrons. The fourth-order valence-electron chi connectivity index (χ4n) is 6.55. The largest absolute Gasteiger partial charge is 0.477 e. The number of hydrogen-bond acceptors (Lipinski definition) is 6. The maximum Gasteiger partial charge on any atom is 0.362 e. The summed E-state index contributed by atoms with van der Waals surface area (Å²) in [6.07, 6.45) is 65.3. The number of rotatable bonds is 43. The van der Waals surface area contributed by atoms with Crippen LogP contribution in [0.5, 0.6) is 0 Å². The highest BCUT2D eigenvalue weighted by atomic mass is 16.6. The highest BCUT2D eigenvalue weighted by Crippen LogP contribution is 2.13. The summed E-state index contributed by atoms with van der Waals surface area (Å²) in [5.74, 6) is -1.54. The highest BCUT2D eigenvalue weighted by Gasteiger charge is 2.31. The molecule has 0 bridgehead atoms. The first kappa shape index (κ1) is 60.7. The molecule has 0 saturated carbocycles. The number of allylic oxidation sites excluding steroid dienone is 20. The third-order valence-electron chi connectivity index (χ3n) is 10.4. The van der Waals surface area contributed by atoms with Crippen molar-refractivity contribution in [1.29, 1.82) is 0 Å². The van der Waals surface area contributed by atoms with Crippen LogP contribution in [0.25, 0.3) is 0 Å². The Morgan fingerprint density at radius 1 is 0.462 bits per heavy atom. The minimum atomic E-state index is -0.888. The molecule has 0 fully saturated rings. The summed E-state index contributed by atoms with van der Waals surface area (Å²) < 4.78 is 17.3. The monoisotopic (exact) mass is 903 g/mol. The van der Waals surface area contributed by atoms with Crippen LogP contribution in [0.2, 0.25) is 0 Å². The van der Waals surface area contributed by atoms with E-state index in [-0.39, 0.29) is 42.7 Å². The molecule has 0 spiro atoms. The molecule has 0 rings (SSSR count). The Balaban J connectivity index is 4.40. The Morgan fingerprint density at radius 3 is 1.22 bits per heavy atom. The van der Waals surface area contributed by atoms with Gasteiger partial charge in [-0.25, -0.2) is 4.79 Å². The van der Waals surface area contributed by atoms with Crippen molar-refractivity contribution in [2.24, 2.45) is 0 Å². The van der Waals surface area contributed by atoms with Gasteiger partial charge in [0.05, 0.1) is 34.4 Å². The van der Waals surface area contributed by atoms with Gasteiger partial charge in [-0.2, -0.15) is 0 Å². The quantitative estimate of drug-likeness (QED) is 0.0282. The topological polar surface area (TPSA) is 99.1 Å². The fraction of sp³-hybridized carbons (Fsp3) is 0.596. The van der Waals surface area contributed by atoms with Crippen LogP contribution in [0.4, 0.5) is 0 Å². The molecule has 0 saturated heterocycles. The normalized spacial score (nSPS) is 13.9. The maximum absolute atomic E-state index is 12.8. The maximum atomic E-state index is 12.8. The second kappa shape index (κ2) is 46.3. The van der Waals surface area contributed by atoms with Gasteiger partial charge < -0.3 is 23.8 Å². The van der Waals surface area contributed by atoms with Crippen LogP contribution in [0.15, 0.2) is 122 Å². The van der Waals surface area contributed by atoms with Gasteiger partial charge in [0.2, 0.25) is 0 Å². The van der Waals surface area contributed by atoms with E-state index >= 15 is 0 Å². The number of carbonyl (C=O) groups is 3. The molecule has 2 unspecified atom stereocenters. The van der Waals surface area contributed by atoms with E-state index in [0.29, 0.717) is 19.3 Å². The van der Waals surface area contributed by atoms with Crippen LogP contribution in [0, 0.1) is 0 Å². The average molecular weight is 903 g/mol. The molecule has 2 atom stereocenters. The number of carboxylic acids is 1. The van der Waals surface area contributed by atoms with E-state index in [4.69, 9.17) is 14.2 Å². The van der Waals surface area contributed by atoms with Crippen molar-refractivity contribution in [3.63, 3.8) is 0 Å². The summed E-state index contributed by atoms with van der Waals surface area (Å²) in [5.41, 5.74) is 0. The van der Waals surface area contributed by atoms with Crippen molar-refractivity contribution < 1.29 is 38.2 Å². The van der Waals surface area contributed by atoms with Gasteiger partial charge in [-0.15, -0.1) is 0 Å². The Kier molecular flexibility index (Phi) is 43.2. The van der Waals surface area contributed by atoms with E-state index in [0.717, 1.165) is 116 Å². The number of quaternary nitrogens is 1. The Labute approximate surface area is 397 Å². The number of carbonyl (C=O) groups excluding carboxylic acids is 2. The lowest BCUT2D eigenvalue weighted by molar-refractivity contribution is -0.887. The van der Waals surface area contributed by atoms with E-state index < -0.39 is 18.1 Å². The highest BCUT2D eigenvalue weighted by molar-refractivity contribution is 5.72. The average Bonchev–Trinajstić information content (AvgIpc) is 3.27. The van der Waals surface area contributed by atoms with E-state index in [1.54, 1.807) is 0 Å². The minimum absolute atomic E-state index is 0.0338. The molecular formula is C57H92NO7+. The smallest absolute Gasteiger partial charge is 0.362 e. The number of ether oxygens (including phenoxy) is 3. The standard InChI is InChI=1S/C57H91NO7/c1-6-8-10-12-14-16-18-20-22-24-26-27-28-30-32-34-36-38-40-42-44-46-48-56(60)65-53(51-63-50-49-54(57(61)62)58(3,4)5)52-64-55(59)47-45-43-41-39-37-35-33-31-29-25-23-21-19-17-15-13-11-9-7-2/h8-11,14-17,20-23,26-27,29-32,36,38,53-54H,6-7,12-13,18-19,24-25,28,33-35,37,39-52H2,1-5H3/p+1/b10-8+,11-9+,16-14+,17-15+,22-20+,23-21+,27-26+,31-29+,32-30+,38-36+. The van der Waals surface area contributed by atoms with Gasteiger partial charge in [-0.3, -0.25) is 9.59 Å². The molecule has 0 amide bonds. The molecule has 65 heavy (non-hydrogen) atoms. The summed E-state index contributed by atoms with van der Waals surface area (Å²) in [6, 6.07) is -0.632. The predicted octanol–water partition coefficient (Wildman–Crippen LogP) is 14.6. The molecule has 0 aromatic rings. The van der Waals surface area contributed by atoms with Crippen molar-refractivity contribution >= 4 is 17.9 Å². The molecule has 8 nitrogen and oxygen atoms in total. The number of nitrogens with zero attached hydrogens (tertiary/aromatic N) is 1. The second-order valence-corrected chi connectivity index (χ2v) is 17.3. The lowest BCUT2D eigenvalue weighted by atomic mass is 10.1. The second-order valence-electron chi connectivity index (χ2n) is 17.3. The van der Waals surface area contributed by atoms with Crippen LogP contribution in [0.3, 0.4) is 0 Å². The number of hydrogen-bond donors (Lipinski definition) is 1. The molecule has 0 aliphatic heterocycles. The van der Waals surface area contributed by atoms with E-state index in [1.807, 2.05) is 21.1 Å². The van der Waals surface area contributed by atoms with Gasteiger partial charge in [0.1, 0.15) is 6.61 Å². The van der Waals surface area contributed by atoms with Crippen LogP contribution in [-0.4, -0.2) is 80.6 Å². The lowest BCUT2D eigenvalue weighted by Crippen LogP contribution is -2.50. The minimum Gasteiger partial charge on any atom is -0.477 e. The predicted molar refractivity (Wildman–Crippen MR) is 275 cm³/mol. The van der Waals surface area contributed by atoms with Gasteiger partial charge >= 0.3 is 17.9 Å². The van der Waals surface area contributed by atoms with Crippen LogP contribution < -0.4 is 0 Å². The summed E-state index contributed by atoms with van der Waals surface area (Å²) >= 11 is 0. The van der Waals surface area contributed by atoms with Crippen LogP contribution in [-0.2, 0) is 28.6 Å². The first-order chi connectivity index (χ1) is 31.6. The Hall–Kier alpha value is -4.27. The van der Waals surface area contributed by atoms with Gasteiger partial charge in [0.15, 0.2) is 12.1 Å². The third-order valence-corrected chi connectivity index (χ3v) is 10.4. The van der Waals surface area contributed by atoms with Crippen molar-refractivity contribution in [1.82, 2.24) is 0 Å². The zero-order valence-electron chi connectivity index (χ0n) is 41.6. The molecule has 0 aromatic carbocycles. The summed E-state index contributed by atoms with van der Waals surface area (Å²) in [4.78, 5) is 37.2. The van der Waals surface area contributed by atoms with Crippen molar-refractivity contribution in [2.75, 3.05) is 41.0 Å². The number of esters is 2. The molecule has 0 aliphatic carbocycles. The molecule has 366 valence electrons. The number of unbranched alkanes of at least 4 members (excludes halogenated alkanes) is 9.